The number of rotatable bonds is 17. The molecular formula is C46H48N3O6P. The van der Waals surface area contributed by atoms with Gasteiger partial charge in [-0.1, -0.05) is 91.0 Å². The smallest absolute Gasteiger partial charge is 0.475 e. The first-order valence-electron chi connectivity index (χ1n) is 19.4. The van der Waals surface area contributed by atoms with Crippen LogP contribution in [0.5, 0.6) is 5.75 Å². The third kappa shape index (κ3) is 8.62. The summed E-state index contributed by atoms with van der Waals surface area (Å²) in [4.78, 5) is 19.6. The molecule has 6 aromatic rings. The Morgan fingerprint density at radius 2 is 1.46 bits per heavy atom. The van der Waals surface area contributed by atoms with Crippen molar-refractivity contribution in [1.29, 1.82) is 0 Å². The number of hydrogen-bond donors (Lipinski definition) is 2. The van der Waals surface area contributed by atoms with Crippen molar-refractivity contribution < 1.29 is 27.7 Å². The average Bonchev–Trinajstić information content (AvgIpc) is 3.68. The molecule has 1 amide bonds. The number of benzene rings is 5. The van der Waals surface area contributed by atoms with Crippen LogP contribution >= 0.6 is 7.82 Å². The number of carbonyl (C=O) groups excluding carboxylic acids is 1. The molecule has 2 heterocycles. The van der Waals surface area contributed by atoms with Crippen molar-refractivity contribution in [2.45, 2.75) is 57.3 Å². The highest BCUT2D eigenvalue weighted by molar-refractivity contribution is 7.48. The maximum absolute atomic E-state index is 13.8. The Kier molecular flexibility index (Phi) is 11.4. The molecule has 2 fully saturated rings. The van der Waals surface area contributed by atoms with Gasteiger partial charge in [0.15, 0.2) is 0 Å². The lowest BCUT2D eigenvalue weighted by Crippen LogP contribution is -2.34. The lowest BCUT2D eigenvalue weighted by atomic mass is 9.93. The number of carbonyl (C=O) groups is 1. The fourth-order valence-corrected chi connectivity index (χ4v) is 8.70. The average molecular weight is 770 g/mol. The second-order valence-corrected chi connectivity index (χ2v) is 16.3. The van der Waals surface area contributed by atoms with Gasteiger partial charge < -0.3 is 19.9 Å². The van der Waals surface area contributed by atoms with Gasteiger partial charge in [-0.25, -0.2) is 4.57 Å². The highest BCUT2D eigenvalue weighted by Crippen LogP contribution is 2.52. The molecule has 1 aliphatic heterocycles. The first kappa shape index (κ1) is 37.7. The molecule has 1 saturated carbocycles. The predicted molar refractivity (Wildman–Crippen MR) is 221 cm³/mol. The molecule has 5 aromatic carbocycles. The van der Waals surface area contributed by atoms with E-state index in [1.807, 2.05) is 79.0 Å². The van der Waals surface area contributed by atoms with Crippen molar-refractivity contribution in [3.8, 4) is 16.9 Å². The fraction of sp³-hybridized carbons (Fsp3) is 0.283. The van der Waals surface area contributed by atoms with Crippen LogP contribution in [0.25, 0.3) is 22.0 Å². The number of aromatic amines is 1. The first-order valence-corrected chi connectivity index (χ1v) is 20.9. The Morgan fingerprint density at radius 3 is 2.11 bits per heavy atom. The van der Waals surface area contributed by atoms with Crippen molar-refractivity contribution in [3.63, 3.8) is 0 Å². The number of hydrogen-bond acceptors (Lipinski definition) is 7. The van der Waals surface area contributed by atoms with Crippen molar-refractivity contribution >= 4 is 30.3 Å². The predicted octanol–water partition coefficient (Wildman–Crippen LogP) is 9.89. The van der Waals surface area contributed by atoms with Crippen molar-refractivity contribution in [2.75, 3.05) is 31.7 Å². The standard InChI is InChI=1S/C46H48N3O6P/c1-52-40-19-20-41(44(29-40)49-25-8-9-26-49)37-16-14-34(15-17-37)30-48-45(50)46(23-24-46)39-18-21-43-42(28-39)38(31-47-43)22-27-53-56(51,54-32-35-10-4-2-5-11-35)55-33-36-12-6-3-7-13-36/h2-7,10-21,28-29,31,47H,8-9,22-27,30,32-33H2,1H3,(H,48,50). The number of phosphoric acid groups is 1. The van der Waals surface area contributed by atoms with E-state index in [1.54, 1.807) is 7.11 Å². The summed E-state index contributed by atoms with van der Waals surface area (Å²) >= 11 is 0. The molecule has 1 saturated heterocycles. The normalized spacial score (nSPS) is 14.9. The van der Waals surface area contributed by atoms with Gasteiger partial charge in [-0.3, -0.25) is 18.4 Å². The van der Waals surface area contributed by atoms with E-state index in [-0.39, 0.29) is 25.7 Å². The van der Waals surface area contributed by atoms with Crippen LogP contribution in [0.4, 0.5) is 5.69 Å². The van der Waals surface area contributed by atoms with Crippen molar-refractivity contribution in [1.82, 2.24) is 10.3 Å². The molecule has 0 unspecified atom stereocenters. The van der Waals surface area contributed by atoms with Gasteiger partial charge >= 0.3 is 7.82 Å². The second-order valence-electron chi connectivity index (χ2n) is 14.7. The quantitative estimate of drug-likeness (QED) is 0.0891. The zero-order valence-electron chi connectivity index (χ0n) is 31.7. The van der Waals surface area contributed by atoms with Crippen LogP contribution in [-0.4, -0.2) is 37.7 Å². The van der Waals surface area contributed by atoms with E-state index in [0.717, 1.165) is 76.0 Å². The number of nitrogens with one attached hydrogen (secondary N) is 2. The molecule has 1 aromatic heterocycles. The van der Waals surface area contributed by atoms with Crippen LogP contribution in [-0.2, 0) is 54.5 Å². The number of methoxy groups -OCH3 is 1. The second kappa shape index (κ2) is 16.9. The fourth-order valence-electron chi connectivity index (χ4n) is 7.55. The molecule has 10 heteroatoms. The molecule has 2 aliphatic rings. The summed E-state index contributed by atoms with van der Waals surface area (Å²) in [5.74, 6) is 0.904. The molecule has 0 radical (unpaired) electrons. The molecule has 0 atom stereocenters. The molecule has 2 N–H and O–H groups in total. The Bertz CT molecular complexity index is 2250. The number of phosphoric ester groups is 1. The summed E-state index contributed by atoms with van der Waals surface area (Å²) in [6.07, 6.45) is 6.41. The van der Waals surface area contributed by atoms with E-state index in [1.165, 1.54) is 24.1 Å². The van der Waals surface area contributed by atoms with E-state index >= 15 is 0 Å². The summed E-state index contributed by atoms with van der Waals surface area (Å²) in [6.45, 7) is 2.89. The van der Waals surface area contributed by atoms with E-state index in [2.05, 4.69) is 63.7 Å². The minimum absolute atomic E-state index is 0.0416. The highest BCUT2D eigenvalue weighted by atomic mass is 31.2. The van der Waals surface area contributed by atoms with E-state index in [0.29, 0.717) is 13.0 Å². The third-order valence-electron chi connectivity index (χ3n) is 11.0. The Balaban J connectivity index is 0.907. The summed E-state index contributed by atoms with van der Waals surface area (Å²) < 4.78 is 36.9. The van der Waals surface area contributed by atoms with Gasteiger partial charge in [-0.2, -0.15) is 0 Å². The van der Waals surface area contributed by atoms with Gasteiger partial charge in [0, 0.05) is 54.1 Å². The van der Waals surface area contributed by atoms with Gasteiger partial charge in [0.25, 0.3) is 0 Å². The lowest BCUT2D eigenvalue weighted by molar-refractivity contribution is -0.123. The first-order chi connectivity index (χ1) is 27.4. The van der Waals surface area contributed by atoms with E-state index in [4.69, 9.17) is 18.3 Å². The topological polar surface area (TPSA) is 102 Å². The van der Waals surface area contributed by atoms with Gasteiger partial charge in [0.1, 0.15) is 5.75 Å². The summed E-state index contributed by atoms with van der Waals surface area (Å²) in [7, 11) is -2.19. The summed E-state index contributed by atoms with van der Waals surface area (Å²) in [6, 6.07) is 40.1. The third-order valence-corrected chi connectivity index (χ3v) is 12.3. The van der Waals surface area contributed by atoms with Crippen LogP contribution in [0.3, 0.4) is 0 Å². The number of H-pyrrole nitrogens is 1. The van der Waals surface area contributed by atoms with Crippen LogP contribution in [0.2, 0.25) is 0 Å². The maximum atomic E-state index is 13.8. The minimum atomic E-state index is -3.90. The molecule has 56 heavy (non-hydrogen) atoms. The maximum Gasteiger partial charge on any atom is 0.475 e. The monoisotopic (exact) mass is 769 g/mol. The van der Waals surface area contributed by atoms with Crippen LogP contribution in [0, 0.1) is 0 Å². The molecule has 288 valence electrons. The number of amides is 1. The lowest BCUT2D eigenvalue weighted by Gasteiger charge is -2.22. The van der Waals surface area contributed by atoms with Crippen molar-refractivity contribution in [2.24, 2.45) is 0 Å². The largest absolute Gasteiger partial charge is 0.497 e. The SMILES string of the molecule is COc1ccc(-c2ccc(CNC(=O)C3(c4ccc5[nH]cc(CCOP(=O)(OCc6ccccc6)OCc6ccccc6)c5c4)CC3)cc2)c(N2CCCC2)c1. The Labute approximate surface area is 328 Å². The molecule has 0 spiro atoms. The summed E-state index contributed by atoms with van der Waals surface area (Å²) in [5, 5.41) is 4.25. The molecule has 9 nitrogen and oxygen atoms in total. The van der Waals surface area contributed by atoms with Gasteiger partial charge in [0.05, 0.1) is 32.3 Å². The zero-order valence-corrected chi connectivity index (χ0v) is 32.6. The Hall–Kier alpha value is -5.18. The van der Waals surface area contributed by atoms with Crippen LogP contribution in [0.1, 0.15) is 53.5 Å². The van der Waals surface area contributed by atoms with Gasteiger partial charge in [0.2, 0.25) is 5.91 Å². The number of aromatic nitrogens is 1. The molecule has 0 bridgehead atoms. The number of fused-ring (bicyclic) bond motifs is 1. The molecule has 8 rings (SSSR count). The number of nitrogens with zero attached hydrogens (tertiary/aromatic N) is 1. The Morgan fingerprint density at radius 1 is 0.786 bits per heavy atom. The number of ether oxygens (including phenoxy) is 1. The van der Waals surface area contributed by atoms with Crippen LogP contribution in [0.15, 0.2) is 128 Å². The molecular weight excluding hydrogens is 721 g/mol. The van der Waals surface area contributed by atoms with Gasteiger partial charge in [-0.15, -0.1) is 0 Å². The minimum Gasteiger partial charge on any atom is -0.497 e. The molecule has 1 aliphatic carbocycles. The van der Waals surface area contributed by atoms with E-state index in [9.17, 15) is 9.36 Å². The van der Waals surface area contributed by atoms with Crippen molar-refractivity contribution in [3.05, 3.63) is 155 Å². The zero-order chi connectivity index (χ0) is 38.4. The van der Waals surface area contributed by atoms with Crippen LogP contribution < -0.4 is 15.0 Å². The highest BCUT2D eigenvalue weighted by Gasteiger charge is 2.51. The van der Waals surface area contributed by atoms with E-state index < -0.39 is 13.2 Å². The number of anilines is 1. The van der Waals surface area contributed by atoms with Gasteiger partial charge in [-0.05, 0) is 89.8 Å². The summed E-state index contributed by atoms with van der Waals surface area (Å²) in [5.41, 5.74) is 8.74.